The standard InChI is InChI=1S/C16H19FN2O3S/c17-13-4-5-16(12(10-13)11-18)23(20,21)19-8-6-15(7-9-19)22-14-2-1-3-14/h4-5,10,14-15H,1-3,6-9H2. The Balaban J connectivity index is 1.70. The zero-order valence-corrected chi connectivity index (χ0v) is 13.6. The van der Waals surface area contributed by atoms with E-state index in [0.29, 0.717) is 32.0 Å². The van der Waals surface area contributed by atoms with E-state index in [2.05, 4.69) is 0 Å². The van der Waals surface area contributed by atoms with Crippen LogP contribution in [-0.4, -0.2) is 38.0 Å². The second-order valence-corrected chi connectivity index (χ2v) is 7.95. The van der Waals surface area contributed by atoms with Crippen LogP contribution in [-0.2, 0) is 14.8 Å². The highest BCUT2D eigenvalue weighted by molar-refractivity contribution is 7.89. The van der Waals surface area contributed by atoms with Crippen LogP contribution in [0.2, 0.25) is 0 Å². The molecule has 0 aromatic heterocycles. The predicted molar refractivity (Wildman–Crippen MR) is 81.6 cm³/mol. The molecule has 0 N–H and O–H groups in total. The normalized spacial score (nSPS) is 20.9. The number of nitriles is 1. The average Bonchev–Trinajstić information content (AvgIpc) is 2.51. The molecule has 1 aromatic rings. The summed E-state index contributed by atoms with van der Waals surface area (Å²) >= 11 is 0. The van der Waals surface area contributed by atoms with Crippen LogP contribution < -0.4 is 0 Å². The Labute approximate surface area is 135 Å². The number of benzene rings is 1. The summed E-state index contributed by atoms with van der Waals surface area (Å²) < 4.78 is 45.9. The number of nitrogens with zero attached hydrogens (tertiary/aromatic N) is 2. The average molecular weight is 338 g/mol. The lowest BCUT2D eigenvalue weighted by atomic mass is 9.95. The fourth-order valence-corrected chi connectivity index (χ4v) is 4.53. The molecule has 1 heterocycles. The van der Waals surface area contributed by atoms with Crippen molar-refractivity contribution in [2.24, 2.45) is 0 Å². The van der Waals surface area contributed by atoms with Crippen molar-refractivity contribution in [2.45, 2.75) is 49.2 Å². The summed E-state index contributed by atoms with van der Waals surface area (Å²) in [5.74, 6) is -0.617. The Kier molecular flexibility index (Phi) is 4.67. The Morgan fingerprint density at radius 3 is 2.39 bits per heavy atom. The van der Waals surface area contributed by atoms with Crippen molar-refractivity contribution in [1.29, 1.82) is 5.26 Å². The number of hydrogen-bond donors (Lipinski definition) is 0. The van der Waals surface area contributed by atoms with Crippen molar-refractivity contribution < 1.29 is 17.5 Å². The van der Waals surface area contributed by atoms with Crippen LogP contribution in [0, 0.1) is 17.1 Å². The van der Waals surface area contributed by atoms with Crippen molar-refractivity contribution in [2.75, 3.05) is 13.1 Å². The molecule has 23 heavy (non-hydrogen) atoms. The number of piperidine rings is 1. The van der Waals surface area contributed by atoms with Gasteiger partial charge in [-0.3, -0.25) is 0 Å². The molecule has 0 amide bonds. The quantitative estimate of drug-likeness (QED) is 0.845. The van der Waals surface area contributed by atoms with E-state index in [-0.39, 0.29) is 16.6 Å². The molecule has 0 spiro atoms. The number of ether oxygens (including phenoxy) is 1. The van der Waals surface area contributed by atoms with Gasteiger partial charge in [0.2, 0.25) is 10.0 Å². The number of sulfonamides is 1. The molecule has 1 saturated heterocycles. The van der Waals surface area contributed by atoms with E-state index >= 15 is 0 Å². The number of hydrogen-bond acceptors (Lipinski definition) is 4. The van der Waals surface area contributed by atoms with Gasteiger partial charge < -0.3 is 4.74 Å². The minimum atomic E-state index is -3.78. The summed E-state index contributed by atoms with van der Waals surface area (Å²) in [7, 11) is -3.78. The van der Waals surface area contributed by atoms with E-state index in [1.807, 2.05) is 0 Å². The van der Waals surface area contributed by atoms with E-state index in [0.717, 1.165) is 25.0 Å². The molecule has 0 bridgehead atoms. The molecule has 1 aliphatic heterocycles. The van der Waals surface area contributed by atoms with Crippen LogP contribution in [0.15, 0.2) is 23.1 Å². The third kappa shape index (κ3) is 3.39. The Bertz CT molecular complexity index is 717. The number of halogens is 1. The number of rotatable bonds is 4. The summed E-state index contributed by atoms with van der Waals surface area (Å²) in [6, 6.07) is 4.96. The highest BCUT2D eigenvalue weighted by Gasteiger charge is 2.33. The van der Waals surface area contributed by atoms with Gasteiger partial charge in [-0.05, 0) is 50.3 Å². The smallest absolute Gasteiger partial charge is 0.244 e. The molecule has 2 fully saturated rings. The van der Waals surface area contributed by atoms with Gasteiger partial charge in [0, 0.05) is 13.1 Å². The summed E-state index contributed by atoms with van der Waals surface area (Å²) in [4.78, 5) is -0.125. The van der Waals surface area contributed by atoms with E-state index in [1.54, 1.807) is 6.07 Å². The van der Waals surface area contributed by atoms with Gasteiger partial charge in [0.25, 0.3) is 0 Å². The summed E-state index contributed by atoms with van der Waals surface area (Å²) in [5.41, 5.74) is -0.155. The fourth-order valence-electron chi connectivity index (χ4n) is 2.94. The zero-order chi connectivity index (χ0) is 16.4. The van der Waals surface area contributed by atoms with E-state index in [9.17, 15) is 12.8 Å². The van der Waals surface area contributed by atoms with Crippen molar-refractivity contribution in [3.63, 3.8) is 0 Å². The van der Waals surface area contributed by atoms with Gasteiger partial charge in [-0.1, -0.05) is 0 Å². The second kappa shape index (κ2) is 6.56. The van der Waals surface area contributed by atoms with Gasteiger partial charge in [0.15, 0.2) is 0 Å². The van der Waals surface area contributed by atoms with Crippen LogP contribution in [0.1, 0.15) is 37.7 Å². The maximum atomic E-state index is 13.2. The third-order valence-electron chi connectivity index (χ3n) is 4.52. The first-order valence-corrected chi connectivity index (χ1v) is 9.30. The van der Waals surface area contributed by atoms with Gasteiger partial charge in [0.05, 0.1) is 17.8 Å². The maximum Gasteiger partial charge on any atom is 0.244 e. The highest BCUT2D eigenvalue weighted by atomic mass is 32.2. The van der Waals surface area contributed by atoms with Crippen LogP contribution in [0.5, 0.6) is 0 Å². The minimum absolute atomic E-state index is 0.107. The maximum absolute atomic E-state index is 13.2. The highest BCUT2D eigenvalue weighted by Crippen LogP contribution is 2.29. The molecule has 1 aliphatic carbocycles. The topological polar surface area (TPSA) is 70.4 Å². The van der Waals surface area contributed by atoms with Gasteiger partial charge in [-0.2, -0.15) is 9.57 Å². The summed E-state index contributed by atoms with van der Waals surface area (Å²) in [5, 5.41) is 9.06. The van der Waals surface area contributed by atoms with Crippen LogP contribution >= 0.6 is 0 Å². The van der Waals surface area contributed by atoms with E-state index in [1.165, 1.54) is 16.8 Å². The third-order valence-corrected chi connectivity index (χ3v) is 6.47. The minimum Gasteiger partial charge on any atom is -0.375 e. The molecule has 2 aliphatic rings. The van der Waals surface area contributed by atoms with Gasteiger partial charge in [-0.15, -0.1) is 0 Å². The lowest BCUT2D eigenvalue weighted by Crippen LogP contribution is -2.42. The summed E-state index contributed by atoms with van der Waals surface area (Å²) in [6.07, 6.45) is 5.15. The van der Waals surface area contributed by atoms with Gasteiger partial charge in [0.1, 0.15) is 16.8 Å². The molecule has 0 radical (unpaired) electrons. The Morgan fingerprint density at radius 2 is 1.83 bits per heavy atom. The first kappa shape index (κ1) is 16.4. The second-order valence-electron chi connectivity index (χ2n) is 6.04. The van der Waals surface area contributed by atoms with Crippen molar-refractivity contribution in [3.8, 4) is 6.07 Å². The van der Waals surface area contributed by atoms with Crippen LogP contribution in [0.4, 0.5) is 4.39 Å². The Hall–Kier alpha value is -1.49. The zero-order valence-electron chi connectivity index (χ0n) is 12.7. The SMILES string of the molecule is N#Cc1cc(F)ccc1S(=O)(=O)N1CCC(OC2CCC2)CC1. The van der Waals surface area contributed by atoms with Crippen molar-refractivity contribution in [3.05, 3.63) is 29.6 Å². The van der Waals surface area contributed by atoms with Crippen molar-refractivity contribution >= 4 is 10.0 Å². The molecule has 1 aromatic carbocycles. The first-order valence-electron chi connectivity index (χ1n) is 7.86. The molecule has 5 nitrogen and oxygen atoms in total. The molecule has 1 saturated carbocycles. The first-order chi connectivity index (χ1) is 11.0. The van der Waals surface area contributed by atoms with Gasteiger partial charge >= 0.3 is 0 Å². The summed E-state index contributed by atoms with van der Waals surface area (Å²) in [6.45, 7) is 0.726. The van der Waals surface area contributed by atoms with Crippen molar-refractivity contribution in [1.82, 2.24) is 4.31 Å². The molecular weight excluding hydrogens is 319 g/mol. The fraction of sp³-hybridized carbons (Fsp3) is 0.562. The van der Waals surface area contributed by atoms with E-state index < -0.39 is 15.8 Å². The Morgan fingerprint density at radius 1 is 1.17 bits per heavy atom. The van der Waals surface area contributed by atoms with E-state index in [4.69, 9.17) is 10.00 Å². The monoisotopic (exact) mass is 338 g/mol. The lowest BCUT2D eigenvalue weighted by Gasteiger charge is -2.35. The predicted octanol–water partition coefficient (Wildman–Crippen LogP) is 2.42. The van der Waals surface area contributed by atoms with Gasteiger partial charge in [-0.25, -0.2) is 12.8 Å². The van der Waals surface area contributed by atoms with Crippen LogP contribution in [0.25, 0.3) is 0 Å². The largest absolute Gasteiger partial charge is 0.375 e. The van der Waals surface area contributed by atoms with Crippen LogP contribution in [0.3, 0.4) is 0 Å². The lowest BCUT2D eigenvalue weighted by molar-refractivity contribution is -0.0674. The molecule has 0 atom stereocenters. The molecule has 124 valence electrons. The molecule has 3 rings (SSSR count). The molecule has 7 heteroatoms. The molecule has 0 unspecified atom stereocenters. The molecular formula is C16H19FN2O3S.